The van der Waals surface area contributed by atoms with Crippen LogP contribution in [0.25, 0.3) is 10.9 Å². The molecular formula is C8H8Cl2N2. The van der Waals surface area contributed by atoms with Gasteiger partial charge in [-0.3, -0.25) is 0 Å². The molecule has 0 aliphatic heterocycles. The second-order valence-electron chi connectivity index (χ2n) is 2.44. The van der Waals surface area contributed by atoms with Crippen molar-refractivity contribution in [1.82, 2.24) is 4.98 Å². The number of rotatable bonds is 0. The number of aromatic amines is 1. The number of nitrogens with two attached hydrogens (primary N) is 1. The van der Waals surface area contributed by atoms with E-state index in [9.17, 15) is 0 Å². The monoisotopic (exact) mass is 202 g/mol. The zero-order valence-corrected chi connectivity index (χ0v) is 7.75. The highest BCUT2D eigenvalue weighted by Gasteiger charge is 1.99. The van der Waals surface area contributed by atoms with Gasteiger partial charge < -0.3 is 10.7 Å². The number of nitrogen functional groups attached to an aromatic ring is 1. The Hall–Kier alpha value is -0.860. The number of hydrogen-bond donors (Lipinski definition) is 2. The van der Waals surface area contributed by atoms with Crippen LogP contribution in [-0.4, -0.2) is 4.98 Å². The van der Waals surface area contributed by atoms with Crippen molar-refractivity contribution in [3.05, 3.63) is 29.4 Å². The Morgan fingerprint density at radius 1 is 1.33 bits per heavy atom. The van der Waals surface area contributed by atoms with Crippen molar-refractivity contribution in [2.45, 2.75) is 0 Å². The first-order chi connectivity index (χ1) is 5.27. The van der Waals surface area contributed by atoms with E-state index in [4.69, 9.17) is 17.3 Å². The molecule has 3 N–H and O–H groups in total. The second kappa shape index (κ2) is 3.25. The summed E-state index contributed by atoms with van der Waals surface area (Å²) in [6, 6.07) is 5.61. The first kappa shape index (κ1) is 9.23. The number of nitrogens with one attached hydrogen (secondary N) is 1. The summed E-state index contributed by atoms with van der Waals surface area (Å²) in [4.78, 5) is 3.03. The Kier molecular flexibility index (Phi) is 2.50. The van der Waals surface area contributed by atoms with E-state index in [1.807, 2.05) is 18.2 Å². The second-order valence-corrected chi connectivity index (χ2v) is 2.85. The molecule has 64 valence electrons. The molecular weight excluding hydrogens is 195 g/mol. The molecule has 2 aromatic rings. The minimum absolute atomic E-state index is 0. The van der Waals surface area contributed by atoms with Gasteiger partial charge in [0.15, 0.2) is 0 Å². The van der Waals surface area contributed by atoms with Crippen LogP contribution in [0.5, 0.6) is 0 Å². The molecule has 0 amide bonds. The predicted molar refractivity (Wildman–Crippen MR) is 55.0 cm³/mol. The van der Waals surface area contributed by atoms with Gasteiger partial charge in [-0.05, 0) is 18.2 Å². The highest BCUT2D eigenvalue weighted by Crippen LogP contribution is 2.24. The lowest BCUT2D eigenvalue weighted by Crippen LogP contribution is -1.81. The van der Waals surface area contributed by atoms with Gasteiger partial charge in [0.1, 0.15) is 0 Å². The normalized spacial score (nSPS) is 9.75. The van der Waals surface area contributed by atoms with E-state index < -0.39 is 0 Å². The number of fused-ring (bicyclic) bond motifs is 1. The quantitative estimate of drug-likeness (QED) is 0.635. The Morgan fingerprint density at radius 2 is 2.08 bits per heavy atom. The third-order valence-corrected chi connectivity index (χ3v) is 1.97. The fraction of sp³-hybridized carbons (Fsp3) is 0. The van der Waals surface area contributed by atoms with Gasteiger partial charge in [0.25, 0.3) is 0 Å². The zero-order chi connectivity index (χ0) is 7.84. The lowest BCUT2D eigenvalue weighted by Gasteiger charge is -1.92. The SMILES string of the molecule is Cl.Nc1ccc2[nH]cc(Cl)c2c1. The Labute approximate surface area is 81.1 Å². The molecule has 0 bridgehead atoms. The molecule has 12 heavy (non-hydrogen) atoms. The van der Waals surface area contributed by atoms with E-state index >= 15 is 0 Å². The van der Waals surface area contributed by atoms with Gasteiger partial charge in [0, 0.05) is 22.8 Å². The maximum Gasteiger partial charge on any atom is 0.0659 e. The maximum atomic E-state index is 5.86. The maximum absolute atomic E-state index is 5.86. The van der Waals surface area contributed by atoms with Crippen molar-refractivity contribution in [3.63, 3.8) is 0 Å². The summed E-state index contributed by atoms with van der Waals surface area (Å²) in [5, 5.41) is 1.69. The molecule has 0 saturated heterocycles. The van der Waals surface area contributed by atoms with Crippen molar-refractivity contribution < 1.29 is 0 Å². The van der Waals surface area contributed by atoms with Crippen LogP contribution >= 0.6 is 24.0 Å². The van der Waals surface area contributed by atoms with E-state index in [1.165, 1.54) is 0 Å². The van der Waals surface area contributed by atoms with E-state index in [0.29, 0.717) is 5.02 Å². The third kappa shape index (κ3) is 1.36. The van der Waals surface area contributed by atoms with Crippen LogP contribution in [0.1, 0.15) is 0 Å². The van der Waals surface area contributed by atoms with Gasteiger partial charge >= 0.3 is 0 Å². The summed E-state index contributed by atoms with van der Waals surface area (Å²) in [6.07, 6.45) is 1.76. The lowest BCUT2D eigenvalue weighted by atomic mass is 10.2. The lowest BCUT2D eigenvalue weighted by molar-refractivity contribution is 1.48. The fourth-order valence-electron chi connectivity index (χ4n) is 1.10. The number of anilines is 1. The molecule has 0 spiro atoms. The molecule has 2 rings (SSSR count). The molecule has 0 aliphatic carbocycles. The van der Waals surface area contributed by atoms with Gasteiger partial charge in [-0.15, -0.1) is 12.4 Å². The van der Waals surface area contributed by atoms with Crippen molar-refractivity contribution in [2.75, 3.05) is 5.73 Å². The van der Waals surface area contributed by atoms with E-state index in [0.717, 1.165) is 16.6 Å². The van der Waals surface area contributed by atoms with Crippen molar-refractivity contribution >= 4 is 40.6 Å². The zero-order valence-electron chi connectivity index (χ0n) is 6.17. The van der Waals surface area contributed by atoms with Crippen LogP contribution in [0.4, 0.5) is 5.69 Å². The number of halogens is 2. The first-order valence-electron chi connectivity index (χ1n) is 3.29. The van der Waals surface area contributed by atoms with Crippen LogP contribution < -0.4 is 5.73 Å². The van der Waals surface area contributed by atoms with E-state index in [2.05, 4.69) is 4.98 Å². The van der Waals surface area contributed by atoms with Gasteiger partial charge in [-0.2, -0.15) is 0 Å². The first-order valence-corrected chi connectivity index (χ1v) is 3.67. The molecule has 1 heterocycles. The number of aromatic nitrogens is 1. The highest BCUT2D eigenvalue weighted by molar-refractivity contribution is 6.35. The molecule has 2 nitrogen and oxygen atoms in total. The summed E-state index contributed by atoms with van der Waals surface area (Å²) in [6.45, 7) is 0. The van der Waals surface area contributed by atoms with Gasteiger partial charge in [0.05, 0.1) is 5.02 Å². The fourth-order valence-corrected chi connectivity index (χ4v) is 1.32. The largest absolute Gasteiger partial charge is 0.399 e. The highest BCUT2D eigenvalue weighted by atomic mass is 35.5. The van der Waals surface area contributed by atoms with Crippen LogP contribution in [0.2, 0.25) is 5.02 Å². The average molecular weight is 203 g/mol. The van der Waals surface area contributed by atoms with Crippen molar-refractivity contribution in [3.8, 4) is 0 Å². The molecule has 0 saturated carbocycles. The topological polar surface area (TPSA) is 41.8 Å². The van der Waals surface area contributed by atoms with Crippen LogP contribution in [-0.2, 0) is 0 Å². The summed E-state index contributed by atoms with van der Waals surface area (Å²) in [7, 11) is 0. The Bertz CT molecular complexity index is 395. The van der Waals surface area contributed by atoms with Crippen LogP contribution in [0.15, 0.2) is 24.4 Å². The van der Waals surface area contributed by atoms with Crippen molar-refractivity contribution in [1.29, 1.82) is 0 Å². The molecule has 0 unspecified atom stereocenters. The number of hydrogen-bond acceptors (Lipinski definition) is 1. The molecule has 0 fully saturated rings. The van der Waals surface area contributed by atoms with Gasteiger partial charge in [-0.25, -0.2) is 0 Å². The summed E-state index contributed by atoms with van der Waals surface area (Å²) >= 11 is 5.86. The van der Waals surface area contributed by atoms with E-state index in [1.54, 1.807) is 6.20 Å². The smallest absolute Gasteiger partial charge is 0.0659 e. The van der Waals surface area contributed by atoms with Crippen molar-refractivity contribution in [2.24, 2.45) is 0 Å². The van der Waals surface area contributed by atoms with Gasteiger partial charge in [0.2, 0.25) is 0 Å². The third-order valence-electron chi connectivity index (χ3n) is 1.66. The molecule has 0 atom stereocenters. The van der Waals surface area contributed by atoms with Gasteiger partial charge in [-0.1, -0.05) is 11.6 Å². The number of benzene rings is 1. The molecule has 1 aromatic carbocycles. The summed E-state index contributed by atoms with van der Waals surface area (Å²) in [5.74, 6) is 0. The van der Waals surface area contributed by atoms with Crippen LogP contribution in [0.3, 0.4) is 0 Å². The molecule has 0 radical (unpaired) electrons. The number of H-pyrrole nitrogens is 1. The average Bonchev–Trinajstić information content (AvgIpc) is 2.33. The Balaban J connectivity index is 0.000000720. The van der Waals surface area contributed by atoms with E-state index in [-0.39, 0.29) is 12.4 Å². The minimum Gasteiger partial charge on any atom is -0.399 e. The molecule has 1 aromatic heterocycles. The minimum atomic E-state index is 0. The predicted octanol–water partition coefficient (Wildman–Crippen LogP) is 2.83. The standard InChI is InChI=1S/C8H7ClN2.ClH/c9-7-4-11-8-2-1-5(10)3-6(7)8;/h1-4,11H,10H2;1H. The summed E-state index contributed by atoms with van der Waals surface area (Å²) in [5.41, 5.74) is 7.33. The molecule has 4 heteroatoms. The summed E-state index contributed by atoms with van der Waals surface area (Å²) < 4.78 is 0. The Morgan fingerprint density at radius 3 is 2.83 bits per heavy atom. The molecule has 0 aliphatic rings. The van der Waals surface area contributed by atoms with Crippen LogP contribution in [0, 0.1) is 0 Å².